The van der Waals surface area contributed by atoms with Crippen LogP contribution in [0, 0.1) is 0 Å². The highest BCUT2D eigenvalue weighted by Crippen LogP contribution is 2.25. The summed E-state index contributed by atoms with van der Waals surface area (Å²) >= 11 is 0. The smallest absolute Gasteiger partial charge is 0.252 e. The number of carbonyl (C=O) groups is 3. The number of hydrogen-bond acceptors (Lipinski definition) is 5. The highest BCUT2D eigenvalue weighted by Gasteiger charge is 2.41. The fraction of sp³-hybridized carbons (Fsp3) is 0.323. The molecule has 39 heavy (non-hydrogen) atoms. The molecular weight excluding hydrogens is 494 g/mol. The number of amides is 3. The molecule has 3 N–H and O–H groups in total. The summed E-state index contributed by atoms with van der Waals surface area (Å²) in [6.45, 7) is 0.416. The number of rotatable bonds is 10. The minimum atomic E-state index is -1.31. The van der Waals surface area contributed by atoms with Crippen LogP contribution in [0.5, 0.6) is 11.5 Å². The lowest BCUT2D eigenvalue weighted by Crippen LogP contribution is -2.55. The van der Waals surface area contributed by atoms with Crippen LogP contribution in [0.3, 0.4) is 0 Å². The van der Waals surface area contributed by atoms with E-state index in [1.165, 1.54) is 0 Å². The van der Waals surface area contributed by atoms with Crippen LogP contribution in [0.25, 0.3) is 0 Å². The standard InChI is InChI=1S/C31H33N3O5/c35-28(30(37)32-23-16-17-23)27-15-8-18-34(27)31(38)26(19-21-9-3-1-4-10-21)33-29(36)22-11-7-14-25(20-22)39-24-12-5-2-6-13-24/h1-7,9-14,20,23,26-28,35H,8,15-19H2,(H,32,37)(H,33,36)/t26-,27-,28?/m0/s1. The molecule has 1 saturated heterocycles. The van der Waals surface area contributed by atoms with Gasteiger partial charge < -0.3 is 25.4 Å². The van der Waals surface area contributed by atoms with Gasteiger partial charge in [-0.3, -0.25) is 14.4 Å². The number of hydrogen-bond donors (Lipinski definition) is 3. The third-order valence-electron chi connectivity index (χ3n) is 7.10. The maximum Gasteiger partial charge on any atom is 0.252 e. The summed E-state index contributed by atoms with van der Waals surface area (Å²) in [7, 11) is 0. The predicted octanol–water partition coefficient (Wildman–Crippen LogP) is 3.45. The molecule has 1 saturated carbocycles. The minimum absolute atomic E-state index is 0.115. The SMILES string of the molecule is O=C(N[C@@H](Cc1ccccc1)C(=O)N1CCC[C@H]1C(O)C(=O)NC1CC1)c1cccc(Oc2ccccc2)c1. The van der Waals surface area contributed by atoms with E-state index < -0.39 is 30.0 Å². The third kappa shape index (κ3) is 6.83. The molecule has 8 nitrogen and oxygen atoms in total. The molecular formula is C31H33N3O5. The van der Waals surface area contributed by atoms with Crippen molar-refractivity contribution in [1.82, 2.24) is 15.5 Å². The van der Waals surface area contributed by atoms with E-state index in [2.05, 4.69) is 10.6 Å². The van der Waals surface area contributed by atoms with E-state index >= 15 is 0 Å². The molecule has 0 spiro atoms. The van der Waals surface area contributed by atoms with Crippen LogP contribution in [-0.2, 0) is 16.0 Å². The van der Waals surface area contributed by atoms with Crippen molar-refractivity contribution in [2.45, 2.75) is 56.3 Å². The van der Waals surface area contributed by atoms with E-state index in [4.69, 9.17) is 4.74 Å². The number of ether oxygens (including phenoxy) is 1. The fourth-order valence-corrected chi connectivity index (χ4v) is 4.90. The van der Waals surface area contributed by atoms with Gasteiger partial charge in [0, 0.05) is 24.6 Å². The van der Waals surface area contributed by atoms with Crippen molar-refractivity contribution in [3.05, 3.63) is 96.1 Å². The summed E-state index contributed by atoms with van der Waals surface area (Å²) in [6.07, 6.45) is 1.99. The molecule has 1 aliphatic carbocycles. The number of carbonyl (C=O) groups excluding carboxylic acids is 3. The molecule has 0 radical (unpaired) electrons. The predicted molar refractivity (Wildman–Crippen MR) is 146 cm³/mol. The number of benzene rings is 3. The van der Waals surface area contributed by atoms with Crippen molar-refractivity contribution < 1.29 is 24.2 Å². The number of nitrogens with one attached hydrogen (secondary N) is 2. The van der Waals surface area contributed by atoms with E-state index in [0.717, 1.165) is 18.4 Å². The Morgan fingerprint density at radius 2 is 1.59 bits per heavy atom. The number of para-hydroxylation sites is 1. The van der Waals surface area contributed by atoms with Gasteiger partial charge in [0.15, 0.2) is 6.10 Å². The number of likely N-dealkylation sites (tertiary alicyclic amines) is 1. The van der Waals surface area contributed by atoms with Crippen LogP contribution in [0.2, 0.25) is 0 Å². The maximum absolute atomic E-state index is 13.8. The van der Waals surface area contributed by atoms with Crippen LogP contribution in [0.1, 0.15) is 41.6 Å². The number of nitrogens with zero attached hydrogens (tertiary/aromatic N) is 1. The van der Waals surface area contributed by atoms with E-state index in [1.54, 1.807) is 29.2 Å². The first-order chi connectivity index (χ1) is 19.0. The Bertz CT molecular complexity index is 1300. The van der Waals surface area contributed by atoms with Crippen molar-refractivity contribution in [3.63, 3.8) is 0 Å². The molecule has 1 aliphatic heterocycles. The summed E-state index contributed by atoms with van der Waals surface area (Å²) in [5.74, 6) is -0.0166. The van der Waals surface area contributed by atoms with Crippen molar-refractivity contribution in [2.24, 2.45) is 0 Å². The Labute approximate surface area is 228 Å². The van der Waals surface area contributed by atoms with Crippen molar-refractivity contribution >= 4 is 17.7 Å². The Morgan fingerprint density at radius 1 is 0.897 bits per heavy atom. The van der Waals surface area contributed by atoms with Gasteiger partial charge in [0.1, 0.15) is 17.5 Å². The Morgan fingerprint density at radius 3 is 2.31 bits per heavy atom. The summed E-state index contributed by atoms with van der Waals surface area (Å²) in [5.41, 5.74) is 1.25. The molecule has 5 rings (SSSR count). The monoisotopic (exact) mass is 527 g/mol. The molecule has 1 unspecified atom stereocenters. The largest absolute Gasteiger partial charge is 0.457 e. The number of aliphatic hydroxyl groups is 1. The highest BCUT2D eigenvalue weighted by molar-refractivity contribution is 5.98. The molecule has 2 aliphatic rings. The minimum Gasteiger partial charge on any atom is -0.457 e. The van der Waals surface area contributed by atoms with Gasteiger partial charge in [-0.05, 0) is 61.6 Å². The van der Waals surface area contributed by atoms with Gasteiger partial charge in [-0.1, -0.05) is 54.6 Å². The molecule has 202 valence electrons. The maximum atomic E-state index is 13.8. The highest BCUT2D eigenvalue weighted by atomic mass is 16.5. The van der Waals surface area contributed by atoms with Crippen molar-refractivity contribution in [2.75, 3.05) is 6.54 Å². The normalized spacial score (nSPS) is 18.2. The molecule has 3 amide bonds. The number of aliphatic hydroxyl groups excluding tert-OH is 1. The second kappa shape index (κ2) is 12.1. The second-order valence-electron chi connectivity index (χ2n) is 10.1. The van der Waals surface area contributed by atoms with Gasteiger partial charge >= 0.3 is 0 Å². The van der Waals surface area contributed by atoms with Gasteiger partial charge in [0.05, 0.1) is 6.04 Å². The van der Waals surface area contributed by atoms with Gasteiger partial charge in [-0.25, -0.2) is 0 Å². The van der Waals surface area contributed by atoms with Gasteiger partial charge in [-0.2, -0.15) is 0 Å². The van der Waals surface area contributed by atoms with Gasteiger partial charge in [0.25, 0.3) is 11.8 Å². The lowest BCUT2D eigenvalue weighted by Gasteiger charge is -2.31. The summed E-state index contributed by atoms with van der Waals surface area (Å²) in [6, 6.07) is 24.1. The van der Waals surface area contributed by atoms with E-state index in [-0.39, 0.29) is 18.4 Å². The molecule has 0 aromatic heterocycles. The average Bonchev–Trinajstić information content (AvgIpc) is 3.64. The Balaban J connectivity index is 1.33. The van der Waals surface area contributed by atoms with E-state index in [1.807, 2.05) is 60.7 Å². The zero-order chi connectivity index (χ0) is 27.2. The summed E-state index contributed by atoms with van der Waals surface area (Å²) in [5, 5.41) is 16.5. The van der Waals surface area contributed by atoms with Gasteiger partial charge in [0.2, 0.25) is 5.91 Å². The van der Waals surface area contributed by atoms with Crippen LogP contribution in [-0.4, -0.2) is 58.5 Å². The fourth-order valence-electron chi connectivity index (χ4n) is 4.90. The molecule has 3 aromatic carbocycles. The first-order valence-corrected chi connectivity index (χ1v) is 13.4. The van der Waals surface area contributed by atoms with Crippen LogP contribution >= 0.6 is 0 Å². The molecule has 0 bridgehead atoms. The Hall–Kier alpha value is -4.17. The average molecular weight is 528 g/mol. The van der Waals surface area contributed by atoms with E-state index in [9.17, 15) is 19.5 Å². The second-order valence-corrected chi connectivity index (χ2v) is 10.1. The summed E-state index contributed by atoms with van der Waals surface area (Å²) in [4.78, 5) is 41.3. The molecule has 2 fully saturated rings. The van der Waals surface area contributed by atoms with Crippen LogP contribution in [0.15, 0.2) is 84.9 Å². The third-order valence-corrected chi connectivity index (χ3v) is 7.10. The van der Waals surface area contributed by atoms with Crippen molar-refractivity contribution in [3.8, 4) is 11.5 Å². The van der Waals surface area contributed by atoms with E-state index in [0.29, 0.717) is 36.4 Å². The van der Waals surface area contributed by atoms with Crippen molar-refractivity contribution in [1.29, 1.82) is 0 Å². The molecule has 1 heterocycles. The molecule has 3 aromatic rings. The zero-order valence-electron chi connectivity index (χ0n) is 21.7. The van der Waals surface area contributed by atoms with Crippen LogP contribution < -0.4 is 15.4 Å². The Kier molecular flexibility index (Phi) is 8.22. The van der Waals surface area contributed by atoms with Gasteiger partial charge in [-0.15, -0.1) is 0 Å². The zero-order valence-corrected chi connectivity index (χ0v) is 21.7. The topological polar surface area (TPSA) is 108 Å². The first-order valence-electron chi connectivity index (χ1n) is 13.4. The lowest BCUT2D eigenvalue weighted by molar-refractivity contribution is -0.140. The summed E-state index contributed by atoms with van der Waals surface area (Å²) < 4.78 is 5.87. The first kappa shape index (κ1) is 26.4. The van der Waals surface area contributed by atoms with Crippen LogP contribution in [0.4, 0.5) is 0 Å². The quantitative estimate of drug-likeness (QED) is 0.374. The lowest BCUT2D eigenvalue weighted by atomic mass is 10.0. The molecule has 3 atom stereocenters. The molecule has 8 heteroatoms.